The number of hydrogen-bond donors (Lipinski definition) is 29. The molecule has 6 fully saturated rings. The van der Waals surface area contributed by atoms with Crippen molar-refractivity contribution in [2.45, 2.75) is 254 Å². The van der Waals surface area contributed by atoms with Gasteiger partial charge in [-0.2, -0.15) is 0 Å². The van der Waals surface area contributed by atoms with Gasteiger partial charge in [0.2, 0.25) is 53.8 Å². The van der Waals surface area contributed by atoms with E-state index in [4.69, 9.17) is 87.3 Å². The molecule has 147 heavy (non-hydrogen) atoms. The maximum Gasteiger partial charge on any atom is 0.333 e. The number of fused-ring (bicyclic) bond motifs is 14. The summed E-state index contributed by atoms with van der Waals surface area (Å²) in [6.07, 6.45) is -58.6. The van der Waals surface area contributed by atoms with Crippen molar-refractivity contribution in [2.24, 2.45) is 11.5 Å². The van der Waals surface area contributed by atoms with Crippen LogP contribution in [0.25, 0.3) is 11.1 Å². The number of rotatable bonds is 16. The summed E-state index contributed by atoms with van der Waals surface area (Å²) in [7, 11) is 0.873. The van der Waals surface area contributed by atoms with E-state index in [0.717, 1.165) is 98.1 Å². The van der Waals surface area contributed by atoms with Crippen LogP contribution < -0.4 is 67.1 Å². The Bertz CT molecular complexity index is 6010. The van der Waals surface area contributed by atoms with Gasteiger partial charge in [0.25, 0.3) is 0 Å². The van der Waals surface area contributed by atoms with Crippen molar-refractivity contribution < 1.29 is 217 Å². The lowest BCUT2D eigenvalue weighted by Crippen LogP contribution is -2.67. The molecule has 12 aliphatic heterocycles. The van der Waals surface area contributed by atoms with Crippen LogP contribution >= 0.6 is 0 Å². The van der Waals surface area contributed by atoms with Crippen LogP contribution in [0.2, 0.25) is 0 Å². The number of phenols is 4. The lowest BCUT2D eigenvalue weighted by molar-refractivity contribution is -0.385. The van der Waals surface area contributed by atoms with Gasteiger partial charge >= 0.3 is 5.97 Å². The molecule has 6 saturated heterocycles. The van der Waals surface area contributed by atoms with Gasteiger partial charge in [-0.1, -0.05) is 36.4 Å². The van der Waals surface area contributed by atoms with E-state index in [2.05, 4.69) is 31.9 Å². The molecule has 31 N–H and O–H groups in total. The standard InChI is InChI=1S/C95H110N8O44/c1-30-47(109)18-37-20-49(30)139-50-19-35(9-16-46(50)108)59(97)84(125)102-64-68(113)33-5-11-40(12-6-33)137-52-21-38-22-53(81(52)145-95-83(76(121)72(117)56(143-95)29-134-91-78(123)73(118)67(112)32(3)136-91)147-94-82(75(120)71(116)55(27-105)142-94)146-92-77(122)69(114)48(110)28-133-92)138-41-13-7-34(8-14-41)80(144-57-25-44(96)66(111)31(2)135-57)65-89(130)101-63(90(131)132-4)43-23-39(106)24-51(140-93-79(124)74(119)70(115)54(26-104)141-93)58(43)42-17-36(10-15-45(42)107)60(85(126)103-65)98-87(128)62(38)99-86(127)61(37)100-88(64)129/h5-24,31-32,44,48,54-57,59-80,82-83,91-95,104-124H,25-29,96-97H2,1-4H3,(H,98,128)(H,99,127)(H,100,129)(H,101,130)(H,102,125)(H,103,126)/t31-,32-,44+,48+,54+,55+,56+,57-,59-,60?,61-,62+,63?,64+,65-,66-,67-,68+,69+,70+,71+,72+,73+,74-,75-,76-,77-,78+,79-,80+,82-,83+,91+,92-,93+,94+,95-/m0/s1. The van der Waals surface area contributed by atoms with E-state index >= 15 is 24.0 Å². The van der Waals surface area contributed by atoms with Crippen molar-refractivity contribution in [1.82, 2.24) is 31.9 Å². The van der Waals surface area contributed by atoms with Crippen molar-refractivity contribution in [3.8, 4) is 80.1 Å². The minimum absolute atomic E-state index is 0.0673. The summed E-state index contributed by atoms with van der Waals surface area (Å²) >= 11 is 0. The number of aliphatic hydroxyl groups excluding tert-OH is 17. The zero-order valence-corrected chi connectivity index (χ0v) is 77.9. The molecule has 0 saturated carbocycles. The molecule has 0 aromatic heterocycles. The van der Waals surface area contributed by atoms with E-state index in [1.54, 1.807) is 0 Å². The first-order chi connectivity index (χ1) is 70.0. The molecule has 0 radical (unpaired) electrons. The number of benzene rings is 7. The number of carbonyl (C=O) groups is 7. The number of hydrogen-bond acceptors (Lipinski definition) is 46. The first-order valence-corrected chi connectivity index (χ1v) is 46.4. The third kappa shape index (κ3) is 21.4. The van der Waals surface area contributed by atoms with Gasteiger partial charge in [-0.15, -0.1) is 0 Å². The van der Waals surface area contributed by atoms with Crippen LogP contribution in [0.15, 0.2) is 121 Å². The van der Waals surface area contributed by atoms with E-state index in [9.17, 15) is 117 Å². The van der Waals surface area contributed by atoms with E-state index < -0.39 is 386 Å². The van der Waals surface area contributed by atoms with Crippen LogP contribution in [-0.4, -0.2) is 366 Å². The molecule has 2 unspecified atom stereocenters. The third-order valence-corrected chi connectivity index (χ3v) is 27.1. The van der Waals surface area contributed by atoms with Gasteiger partial charge in [0.1, 0.15) is 192 Å². The van der Waals surface area contributed by atoms with E-state index in [0.29, 0.717) is 0 Å². The highest BCUT2D eigenvalue weighted by molar-refractivity contribution is 6.00. The average molecular weight is 2070 g/mol. The Morgan fingerprint density at radius 3 is 1.59 bits per heavy atom. The van der Waals surface area contributed by atoms with Crippen molar-refractivity contribution in [3.63, 3.8) is 0 Å². The normalized spacial score (nSPS) is 36.2. The van der Waals surface area contributed by atoms with Gasteiger partial charge in [-0.25, -0.2) is 4.79 Å². The topological polar surface area (TPSA) is 816 Å². The summed E-state index contributed by atoms with van der Waals surface area (Å²) in [6.45, 7) is 0.141. The molecule has 19 rings (SSSR count). The summed E-state index contributed by atoms with van der Waals surface area (Å²) in [6, 6.07) is 4.22. The Balaban J connectivity index is 0.908. The maximum atomic E-state index is 17.3. The van der Waals surface area contributed by atoms with Gasteiger partial charge < -0.3 is 226 Å². The van der Waals surface area contributed by atoms with Crippen LogP contribution in [0, 0.1) is 6.92 Å². The number of amides is 6. The molecule has 17 bridgehead atoms. The highest BCUT2D eigenvalue weighted by Gasteiger charge is 2.57. The monoisotopic (exact) mass is 2070 g/mol. The Morgan fingerprint density at radius 2 is 0.946 bits per heavy atom. The summed E-state index contributed by atoms with van der Waals surface area (Å²) in [4.78, 5) is 113. The lowest BCUT2D eigenvalue weighted by Gasteiger charge is -2.48. The minimum Gasteiger partial charge on any atom is -0.508 e. The van der Waals surface area contributed by atoms with E-state index in [1.807, 2.05) is 0 Å². The number of aliphatic hydroxyl groups is 17. The molecule has 7 aromatic rings. The smallest absolute Gasteiger partial charge is 0.333 e. The molecule has 7 aromatic carbocycles. The summed E-state index contributed by atoms with van der Waals surface area (Å²) in [5.74, 6) is -17.8. The number of carbonyl (C=O) groups excluding carboxylic acids is 7. The fourth-order valence-corrected chi connectivity index (χ4v) is 18.6. The van der Waals surface area contributed by atoms with Crippen LogP contribution in [0.4, 0.5) is 0 Å². The summed E-state index contributed by atoms with van der Waals surface area (Å²) in [5.41, 5.74) is 9.22. The molecule has 52 nitrogen and oxygen atoms in total. The molecular formula is C95H110N8O44. The van der Waals surface area contributed by atoms with Gasteiger partial charge in [0.15, 0.2) is 60.3 Å². The Kier molecular flexibility index (Phi) is 31.5. The molecule has 37 atom stereocenters. The molecule has 794 valence electrons. The molecule has 12 aliphatic rings. The quantitative estimate of drug-likeness (QED) is 0.0400. The number of nitrogens with one attached hydrogen (secondary N) is 6. The fourth-order valence-electron chi connectivity index (χ4n) is 18.6. The number of ether oxygens (including phenoxy) is 16. The SMILES string of the molecule is COC(=O)C1NC(=O)[C@H]2NC(=O)C(NC(=O)[C@@H]3NC(=O)[C@H]4NC(=O)[C@H](NC(=O)[C@@H](N)c5ccc(O)c(c5)Oc5cc4cc(O)c5C)[C@H](O)c4ccc(cc4)Oc4cc3cc(c4O[C@@H]3O[C@H](CO[C@@H]4O[C@@H](C)[C@H](O)[C@@H](O)[C@H]4O)[C@@H](O)[C@H](O)[C@H]3O[C@H]3O[C@H](CO)[C@@H](O)[C@H](O)[C@@H]3O[C@@H]3OC[C@@H](O)[C@@H](O)[C@@H]3O)Oc3ccc(cc3)[C@H]2O[C@H]2C[C@@H](N)[C@@H](O)[C@H](C)O2)c2ccc(O)c(c2)-c2c(O[C@@H]3O[C@H](CO)[C@@H](O)[C@H](O)[C@@H]3O)cc(O)cc21. The second kappa shape index (κ2) is 43.6. The summed E-state index contributed by atoms with van der Waals surface area (Å²) < 4.78 is 99.8. The van der Waals surface area contributed by atoms with Gasteiger partial charge in [0, 0.05) is 40.8 Å². The number of methoxy groups -OCH3 is 1. The van der Waals surface area contributed by atoms with Crippen LogP contribution in [0.1, 0.15) is 107 Å². The average Bonchev–Trinajstić information content (AvgIpc) is 0.742. The van der Waals surface area contributed by atoms with Crippen LogP contribution in [0.3, 0.4) is 0 Å². The zero-order valence-electron chi connectivity index (χ0n) is 77.9. The largest absolute Gasteiger partial charge is 0.508 e. The highest BCUT2D eigenvalue weighted by atomic mass is 16.8. The zero-order chi connectivity index (χ0) is 105. The Labute approximate surface area is 831 Å². The van der Waals surface area contributed by atoms with Crippen molar-refractivity contribution in [3.05, 3.63) is 166 Å². The molecule has 0 aliphatic carbocycles. The number of aromatic hydroxyl groups is 4. The predicted octanol–water partition coefficient (Wildman–Crippen LogP) is -6.50. The van der Waals surface area contributed by atoms with Crippen LogP contribution in [0.5, 0.6) is 69.0 Å². The van der Waals surface area contributed by atoms with Crippen molar-refractivity contribution >= 4 is 41.4 Å². The molecule has 12 heterocycles. The van der Waals surface area contributed by atoms with Gasteiger partial charge in [0.05, 0.1) is 51.8 Å². The molecule has 52 heteroatoms. The maximum absolute atomic E-state index is 17.3. The predicted molar refractivity (Wildman–Crippen MR) is 483 cm³/mol. The first-order valence-electron chi connectivity index (χ1n) is 46.4. The fraction of sp³-hybridized carbons (Fsp3) is 0.484. The lowest BCUT2D eigenvalue weighted by atomic mass is 9.89. The number of esters is 1. The Hall–Kier alpha value is -12.1. The third-order valence-electron chi connectivity index (χ3n) is 27.1. The second-order valence-corrected chi connectivity index (χ2v) is 36.9. The van der Waals surface area contributed by atoms with Crippen molar-refractivity contribution in [1.29, 1.82) is 0 Å². The van der Waals surface area contributed by atoms with Gasteiger partial charge in [-0.05, 0) is 133 Å². The summed E-state index contributed by atoms with van der Waals surface area (Å²) in [5, 5.41) is 257. The van der Waals surface area contributed by atoms with Crippen molar-refractivity contribution in [2.75, 3.05) is 33.5 Å². The van der Waals surface area contributed by atoms with Crippen LogP contribution in [-0.2, 0) is 85.7 Å². The highest BCUT2D eigenvalue weighted by Crippen LogP contribution is 2.51. The first kappa shape index (κ1) is 106. The number of nitrogens with two attached hydrogens (primary N) is 2. The van der Waals surface area contributed by atoms with E-state index in [1.165, 1.54) is 51.1 Å². The molecule has 6 amide bonds. The number of phenolic OH excluding ortho intramolecular Hbond substituents is 4. The Morgan fingerprint density at radius 1 is 0.429 bits per heavy atom. The molecular weight excluding hydrogens is 1960 g/mol. The second-order valence-electron chi connectivity index (χ2n) is 36.9. The molecule has 0 spiro atoms. The van der Waals surface area contributed by atoms with Gasteiger partial charge in [-0.3, -0.25) is 28.8 Å². The van der Waals surface area contributed by atoms with E-state index in [-0.39, 0.29) is 39.5 Å². The minimum atomic E-state index is -2.60.